The zero-order valence-corrected chi connectivity index (χ0v) is 9.05. The minimum atomic E-state index is -0.398. The van der Waals surface area contributed by atoms with Gasteiger partial charge in [0.25, 0.3) is 5.91 Å². The van der Waals surface area contributed by atoms with Gasteiger partial charge in [0.15, 0.2) is 0 Å². The van der Waals surface area contributed by atoms with Crippen molar-refractivity contribution in [1.82, 2.24) is 15.3 Å². The molecule has 0 atom stereocenters. The second-order valence-corrected chi connectivity index (χ2v) is 3.55. The van der Waals surface area contributed by atoms with Gasteiger partial charge in [-0.15, -0.1) is 0 Å². The highest BCUT2D eigenvalue weighted by molar-refractivity contribution is 5.93. The van der Waals surface area contributed by atoms with Gasteiger partial charge in [-0.25, -0.2) is 10.6 Å². The first-order valence-corrected chi connectivity index (χ1v) is 5.08. The monoisotopic (exact) mass is 236 g/mol. The molecular weight excluding hydrogens is 224 g/mol. The minimum Gasteiger partial charge on any atom is -0.448 e. The number of hydrogen-bond donors (Lipinski definition) is 2. The number of aromatic nitrogens is 1. The van der Waals surface area contributed by atoms with Crippen LogP contribution in [0.15, 0.2) is 18.3 Å². The van der Waals surface area contributed by atoms with Crippen molar-refractivity contribution < 1.29 is 14.3 Å². The normalized spacial score (nSPS) is 14.6. The van der Waals surface area contributed by atoms with Crippen LogP contribution in [0.1, 0.15) is 16.1 Å². The second-order valence-electron chi connectivity index (χ2n) is 3.55. The van der Waals surface area contributed by atoms with Crippen LogP contribution in [0.3, 0.4) is 0 Å². The van der Waals surface area contributed by atoms with Gasteiger partial charge in [-0.05, 0) is 12.1 Å². The van der Waals surface area contributed by atoms with E-state index in [-0.39, 0.29) is 6.09 Å². The van der Waals surface area contributed by atoms with Gasteiger partial charge in [0.2, 0.25) is 0 Å². The Hall–Kier alpha value is -2.15. The molecule has 2 amide bonds. The Morgan fingerprint density at radius 2 is 2.41 bits per heavy atom. The largest absolute Gasteiger partial charge is 0.448 e. The number of carbonyl (C=O) groups excluding carboxylic acids is 2. The molecule has 1 aliphatic rings. The van der Waals surface area contributed by atoms with E-state index in [2.05, 4.69) is 4.98 Å². The van der Waals surface area contributed by atoms with E-state index in [1.54, 1.807) is 17.0 Å². The van der Waals surface area contributed by atoms with E-state index >= 15 is 0 Å². The fourth-order valence-electron chi connectivity index (χ4n) is 1.50. The summed E-state index contributed by atoms with van der Waals surface area (Å²) in [4.78, 5) is 28.0. The molecule has 0 radical (unpaired) electrons. The molecule has 1 aromatic heterocycles. The van der Waals surface area contributed by atoms with Crippen molar-refractivity contribution in [3.05, 3.63) is 29.6 Å². The summed E-state index contributed by atoms with van der Waals surface area (Å²) in [5.74, 6) is 4.60. The molecule has 1 aliphatic heterocycles. The number of nitrogens with two attached hydrogens (primary N) is 1. The first-order valence-electron chi connectivity index (χ1n) is 5.08. The Kier molecular flexibility index (Phi) is 3.20. The first-order chi connectivity index (χ1) is 8.20. The lowest BCUT2D eigenvalue weighted by Crippen LogP contribution is -2.30. The molecule has 0 aromatic carbocycles. The number of amides is 2. The Bertz CT molecular complexity index is 432. The number of pyridine rings is 1. The summed E-state index contributed by atoms with van der Waals surface area (Å²) in [5, 5.41) is 0. The average molecular weight is 236 g/mol. The molecule has 2 heterocycles. The summed E-state index contributed by atoms with van der Waals surface area (Å²) in [6.07, 6.45) is 1.08. The molecule has 0 spiro atoms. The van der Waals surface area contributed by atoms with Crippen LogP contribution < -0.4 is 11.3 Å². The average Bonchev–Trinajstić information content (AvgIpc) is 2.75. The van der Waals surface area contributed by atoms with E-state index in [1.807, 2.05) is 5.43 Å². The highest BCUT2D eigenvalue weighted by Gasteiger charge is 2.22. The molecule has 7 nitrogen and oxygen atoms in total. The fourth-order valence-corrected chi connectivity index (χ4v) is 1.50. The Balaban J connectivity index is 2.03. The van der Waals surface area contributed by atoms with Gasteiger partial charge in [-0.1, -0.05) is 0 Å². The van der Waals surface area contributed by atoms with E-state index in [0.717, 1.165) is 0 Å². The maximum atomic E-state index is 11.2. The van der Waals surface area contributed by atoms with Crippen molar-refractivity contribution in [2.24, 2.45) is 5.84 Å². The van der Waals surface area contributed by atoms with Gasteiger partial charge >= 0.3 is 6.09 Å². The Labute approximate surface area is 97.5 Å². The third-order valence-electron chi connectivity index (χ3n) is 2.42. The maximum absolute atomic E-state index is 11.2. The molecule has 1 saturated heterocycles. The van der Waals surface area contributed by atoms with Gasteiger partial charge in [-0.2, -0.15) is 0 Å². The Morgan fingerprint density at radius 3 is 2.94 bits per heavy atom. The number of carbonyl (C=O) groups is 2. The van der Waals surface area contributed by atoms with Gasteiger partial charge in [0, 0.05) is 6.20 Å². The van der Waals surface area contributed by atoms with Crippen LogP contribution in [-0.2, 0) is 11.3 Å². The van der Waals surface area contributed by atoms with Gasteiger partial charge < -0.3 is 4.74 Å². The van der Waals surface area contributed by atoms with E-state index < -0.39 is 5.91 Å². The molecule has 7 heteroatoms. The lowest BCUT2D eigenvalue weighted by atomic mass is 10.2. The van der Waals surface area contributed by atoms with Crippen LogP contribution in [0.25, 0.3) is 0 Å². The maximum Gasteiger partial charge on any atom is 0.410 e. The number of ether oxygens (including phenoxy) is 1. The summed E-state index contributed by atoms with van der Waals surface area (Å²) < 4.78 is 4.80. The number of hydrazine groups is 1. The number of cyclic esters (lactones) is 1. The minimum absolute atomic E-state index is 0.337. The van der Waals surface area contributed by atoms with Crippen LogP contribution in [0.2, 0.25) is 0 Å². The lowest BCUT2D eigenvalue weighted by Gasteiger charge is -2.11. The SMILES string of the molecule is NNC(=O)c1ccc(CN2CCOC2=O)nc1. The van der Waals surface area contributed by atoms with Crippen LogP contribution in [-0.4, -0.2) is 35.0 Å². The lowest BCUT2D eigenvalue weighted by molar-refractivity contribution is 0.0953. The zero-order chi connectivity index (χ0) is 12.3. The van der Waals surface area contributed by atoms with Crippen molar-refractivity contribution in [2.75, 3.05) is 13.2 Å². The molecule has 3 N–H and O–H groups in total. The Morgan fingerprint density at radius 1 is 1.59 bits per heavy atom. The van der Waals surface area contributed by atoms with Crippen molar-refractivity contribution in [2.45, 2.75) is 6.54 Å². The quantitative estimate of drug-likeness (QED) is 0.424. The van der Waals surface area contributed by atoms with E-state index in [1.165, 1.54) is 6.20 Å². The van der Waals surface area contributed by atoms with Crippen LogP contribution in [0, 0.1) is 0 Å². The summed E-state index contributed by atoms with van der Waals surface area (Å²) in [5.41, 5.74) is 3.08. The number of rotatable bonds is 3. The molecule has 2 rings (SSSR count). The van der Waals surface area contributed by atoms with Gasteiger partial charge in [0.05, 0.1) is 24.3 Å². The van der Waals surface area contributed by atoms with Gasteiger partial charge in [-0.3, -0.25) is 20.1 Å². The predicted molar refractivity (Wildman–Crippen MR) is 57.6 cm³/mol. The molecule has 17 heavy (non-hydrogen) atoms. The highest BCUT2D eigenvalue weighted by Crippen LogP contribution is 2.09. The van der Waals surface area contributed by atoms with Crippen molar-refractivity contribution in [3.8, 4) is 0 Å². The molecule has 90 valence electrons. The smallest absolute Gasteiger partial charge is 0.410 e. The van der Waals surface area contributed by atoms with Crippen molar-refractivity contribution in [3.63, 3.8) is 0 Å². The third-order valence-corrected chi connectivity index (χ3v) is 2.42. The van der Waals surface area contributed by atoms with Crippen LogP contribution in [0.4, 0.5) is 4.79 Å². The summed E-state index contributed by atoms with van der Waals surface area (Å²) >= 11 is 0. The molecule has 0 aliphatic carbocycles. The molecular formula is C10H12N4O3. The number of nitrogens with one attached hydrogen (secondary N) is 1. The summed E-state index contributed by atoms with van der Waals surface area (Å²) in [7, 11) is 0. The molecule has 0 bridgehead atoms. The van der Waals surface area contributed by atoms with E-state index in [9.17, 15) is 9.59 Å². The number of nitrogens with zero attached hydrogens (tertiary/aromatic N) is 2. The predicted octanol–water partition coefficient (Wildman–Crippen LogP) is -0.363. The van der Waals surface area contributed by atoms with E-state index in [0.29, 0.717) is 31.0 Å². The molecule has 0 unspecified atom stereocenters. The van der Waals surface area contributed by atoms with E-state index in [4.69, 9.17) is 10.6 Å². The summed E-state index contributed by atoms with van der Waals surface area (Å²) in [6, 6.07) is 3.28. The fraction of sp³-hybridized carbons (Fsp3) is 0.300. The first kappa shape index (κ1) is 11.3. The molecule has 1 aromatic rings. The topological polar surface area (TPSA) is 97.5 Å². The zero-order valence-electron chi connectivity index (χ0n) is 9.05. The van der Waals surface area contributed by atoms with Crippen LogP contribution >= 0.6 is 0 Å². The number of nitrogen functional groups attached to an aromatic ring is 1. The molecule has 1 fully saturated rings. The van der Waals surface area contributed by atoms with Crippen molar-refractivity contribution in [1.29, 1.82) is 0 Å². The standard InChI is InChI=1S/C10H12N4O3/c11-13-9(15)7-1-2-8(12-5-7)6-14-3-4-17-10(14)16/h1-2,5H,3-4,6,11H2,(H,13,15). The highest BCUT2D eigenvalue weighted by atomic mass is 16.6. The van der Waals surface area contributed by atoms with Crippen LogP contribution in [0.5, 0.6) is 0 Å². The second kappa shape index (κ2) is 4.79. The van der Waals surface area contributed by atoms with Crippen molar-refractivity contribution >= 4 is 12.0 Å². The third kappa shape index (κ3) is 2.51. The summed E-state index contributed by atoms with van der Waals surface area (Å²) in [6.45, 7) is 1.35. The number of hydrogen-bond acceptors (Lipinski definition) is 5. The van der Waals surface area contributed by atoms with Gasteiger partial charge in [0.1, 0.15) is 6.61 Å². The molecule has 0 saturated carbocycles.